The third-order valence-corrected chi connectivity index (χ3v) is 5.72. The van der Waals surface area contributed by atoms with E-state index in [4.69, 9.17) is 21.3 Å². The summed E-state index contributed by atoms with van der Waals surface area (Å²) >= 11 is 6.30. The van der Waals surface area contributed by atoms with Crippen LogP contribution in [0.3, 0.4) is 0 Å². The van der Waals surface area contributed by atoms with Crippen molar-refractivity contribution in [2.24, 2.45) is 10.4 Å². The zero-order valence-electron chi connectivity index (χ0n) is 16.5. The number of hydrogen-bond donors (Lipinski definition) is 2. The minimum Gasteiger partial charge on any atom is -0.382 e. The highest BCUT2D eigenvalue weighted by atomic mass is 35.5. The van der Waals surface area contributed by atoms with Crippen LogP contribution in [0, 0.1) is 5.41 Å². The second-order valence-electron chi connectivity index (χ2n) is 7.53. The van der Waals surface area contributed by atoms with Gasteiger partial charge in [0.1, 0.15) is 5.82 Å². The summed E-state index contributed by atoms with van der Waals surface area (Å²) in [4.78, 5) is 11.6. The van der Waals surface area contributed by atoms with E-state index < -0.39 is 0 Å². The van der Waals surface area contributed by atoms with Crippen molar-refractivity contribution in [2.45, 2.75) is 45.6 Å². The summed E-state index contributed by atoms with van der Waals surface area (Å²) in [5, 5.41) is 7.70. The Balaban J connectivity index is 1.53. The van der Waals surface area contributed by atoms with Gasteiger partial charge in [-0.15, -0.1) is 0 Å². The van der Waals surface area contributed by atoms with Gasteiger partial charge in [-0.2, -0.15) is 0 Å². The molecular weight excluding hydrogens is 362 g/mol. The van der Waals surface area contributed by atoms with Crippen LogP contribution < -0.4 is 15.5 Å². The number of aromatic nitrogens is 1. The molecule has 0 spiro atoms. The summed E-state index contributed by atoms with van der Waals surface area (Å²) < 4.78 is 5.53. The molecule has 1 aromatic heterocycles. The molecule has 27 heavy (non-hydrogen) atoms. The van der Waals surface area contributed by atoms with Gasteiger partial charge in [-0.1, -0.05) is 11.6 Å². The molecule has 1 atom stereocenters. The van der Waals surface area contributed by atoms with Crippen molar-refractivity contribution in [1.82, 2.24) is 15.6 Å². The fraction of sp³-hybridized carbons (Fsp3) is 0.700. The predicted molar refractivity (Wildman–Crippen MR) is 112 cm³/mol. The van der Waals surface area contributed by atoms with Gasteiger partial charge in [0.15, 0.2) is 5.96 Å². The molecule has 1 unspecified atom stereocenters. The summed E-state index contributed by atoms with van der Waals surface area (Å²) in [5.74, 6) is 1.79. The molecule has 0 radical (unpaired) electrons. The van der Waals surface area contributed by atoms with Gasteiger partial charge in [-0.25, -0.2) is 4.98 Å². The van der Waals surface area contributed by atoms with Crippen molar-refractivity contribution < 1.29 is 4.74 Å². The summed E-state index contributed by atoms with van der Waals surface area (Å²) in [6.07, 6.45) is 6.48. The zero-order valence-corrected chi connectivity index (χ0v) is 17.3. The van der Waals surface area contributed by atoms with Gasteiger partial charge in [0, 0.05) is 51.6 Å². The number of halogens is 1. The van der Waals surface area contributed by atoms with E-state index in [0.29, 0.717) is 16.5 Å². The van der Waals surface area contributed by atoms with Crippen LogP contribution in [-0.4, -0.2) is 56.4 Å². The van der Waals surface area contributed by atoms with E-state index in [1.807, 2.05) is 19.1 Å². The number of nitrogens with zero attached hydrogens (tertiary/aromatic N) is 3. The number of nitrogens with one attached hydrogen (secondary N) is 2. The Bertz CT molecular complexity index is 635. The van der Waals surface area contributed by atoms with Crippen molar-refractivity contribution in [3.05, 3.63) is 23.4 Å². The van der Waals surface area contributed by atoms with Gasteiger partial charge in [-0.3, -0.25) is 4.99 Å². The Morgan fingerprint density at radius 3 is 3.00 bits per heavy atom. The Kier molecular flexibility index (Phi) is 7.19. The number of aliphatic imine (C=N–C) groups is 1. The molecule has 0 amide bonds. The minimum absolute atomic E-state index is 0.347. The fourth-order valence-corrected chi connectivity index (χ4v) is 3.78. The molecule has 6 nitrogen and oxygen atoms in total. The van der Waals surface area contributed by atoms with E-state index in [2.05, 4.69) is 27.4 Å². The van der Waals surface area contributed by atoms with Crippen LogP contribution in [0.15, 0.2) is 23.3 Å². The lowest BCUT2D eigenvalue weighted by atomic mass is 10.0. The Morgan fingerprint density at radius 1 is 1.44 bits per heavy atom. The van der Waals surface area contributed by atoms with Crippen molar-refractivity contribution in [3.8, 4) is 0 Å². The van der Waals surface area contributed by atoms with E-state index in [1.165, 1.54) is 12.8 Å². The maximum Gasteiger partial charge on any atom is 0.191 e. The van der Waals surface area contributed by atoms with Gasteiger partial charge in [0.05, 0.1) is 5.02 Å². The number of guanidine groups is 1. The molecule has 2 aliphatic rings. The van der Waals surface area contributed by atoms with Crippen molar-refractivity contribution in [2.75, 3.05) is 44.3 Å². The van der Waals surface area contributed by atoms with Gasteiger partial charge in [-0.05, 0) is 57.1 Å². The number of anilines is 1. The van der Waals surface area contributed by atoms with Gasteiger partial charge < -0.3 is 20.3 Å². The molecule has 3 rings (SSSR count). The first-order chi connectivity index (χ1) is 13.2. The summed E-state index contributed by atoms with van der Waals surface area (Å²) in [5.41, 5.74) is 0.362. The monoisotopic (exact) mass is 393 g/mol. The van der Waals surface area contributed by atoms with E-state index >= 15 is 0 Å². The van der Waals surface area contributed by atoms with E-state index in [9.17, 15) is 0 Å². The van der Waals surface area contributed by atoms with Gasteiger partial charge in [0.25, 0.3) is 0 Å². The lowest BCUT2D eigenvalue weighted by molar-refractivity contribution is 0.129. The third kappa shape index (κ3) is 5.72. The Hall–Kier alpha value is -1.53. The molecule has 0 bridgehead atoms. The van der Waals surface area contributed by atoms with Crippen LogP contribution >= 0.6 is 11.6 Å². The smallest absolute Gasteiger partial charge is 0.191 e. The Morgan fingerprint density at radius 2 is 2.30 bits per heavy atom. The standard InChI is InChI=1S/C20H32ClN5O/c1-3-22-19(24-15-20(8-9-20)10-13-27-4-2)25-16-7-12-26(14-16)18-17(21)6-5-11-23-18/h5-6,11,16H,3-4,7-10,12-15H2,1-2H3,(H2,22,24,25). The van der Waals surface area contributed by atoms with Crippen LogP contribution in [0.5, 0.6) is 0 Å². The maximum atomic E-state index is 6.30. The van der Waals surface area contributed by atoms with Crippen molar-refractivity contribution >= 4 is 23.4 Å². The SMILES string of the molecule is CCNC(=NCC1(CCOCC)CC1)NC1CCN(c2ncccc2Cl)C1. The molecule has 1 aromatic rings. The highest BCUT2D eigenvalue weighted by Gasteiger charge is 2.42. The molecule has 0 aromatic carbocycles. The van der Waals surface area contributed by atoms with Gasteiger partial charge in [0.2, 0.25) is 0 Å². The molecule has 1 aliphatic heterocycles. The van der Waals surface area contributed by atoms with E-state index in [-0.39, 0.29) is 0 Å². The van der Waals surface area contributed by atoms with E-state index in [1.54, 1.807) is 6.20 Å². The highest BCUT2D eigenvalue weighted by molar-refractivity contribution is 6.32. The maximum absolute atomic E-state index is 6.30. The number of ether oxygens (including phenoxy) is 1. The summed E-state index contributed by atoms with van der Waals surface area (Å²) in [6, 6.07) is 4.11. The number of hydrogen-bond acceptors (Lipinski definition) is 4. The van der Waals surface area contributed by atoms with Crippen LogP contribution in [0.4, 0.5) is 5.82 Å². The highest BCUT2D eigenvalue weighted by Crippen LogP contribution is 2.49. The molecule has 1 aliphatic carbocycles. The van der Waals surface area contributed by atoms with Crippen LogP contribution in [0.25, 0.3) is 0 Å². The third-order valence-electron chi connectivity index (χ3n) is 5.42. The van der Waals surface area contributed by atoms with Crippen LogP contribution in [0.2, 0.25) is 5.02 Å². The van der Waals surface area contributed by atoms with Crippen LogP contribution in [0.1, 0.15) is 39.5 Å². The normalized spacial score (nSPS) is 21.4. The van der Waals surface area contributed by atoms with Gasteiger partial charge >= 0.3 is 0 Å². The average Bonchev–Trinajstić information content (AvgIpc) is 3.29. The second-order valence-corrected chi connectivity index (χ2v) is 7.93. The second kappa shape index (κ2) is 9.60. The lowest BCUT2D eigenvalue weighted by Gasteiger charge is -2.21. The molecule has 2 heterocycles. The summed E-state index contributed by atoms with van der Waals surface area (Å²) in [6.45, 7) is 9.36. The summed E-state index contributed by atoms with van der Waals surface area (Å²) in [7, 11) is 0. The topological polar surface area (TPSA) is 61.8 Å². The first-order valence-electron chi connectivity index (χ1n) is 10.1. The van der Waals surface area contributed by atoms with Crippen LogP contribution in [-0.2, 0) is 4.74 Å². The predicted octanol–water partition coefficient (Wildman–Crippen LogP) is 3.08. The molecular formula is C20H32ClN5O. The molecule has 2 N–H and O–H groups in total. The fourth-order valence-electron chi connectivity index (χ4n) is 3.54. The first kappa shape index (κ1) is 20.2. The van der Waals surface area contributed by atoms with Crippen molar-refractivity contribution in [1.29, 1.82) is 0 Å². The lowest BCUT2D eigenvalue weighted by Crippen LogP contribution is -2.45. The minimum atomic E-state index is 0.347. The molecule has 2 fully saturated rings. The number of rotatable bonds is 9. The largest absolute Gasteiger partial charge is 0.382 e. The zero-order chi connectivity index (χ0) is 19.1. The molecule has 7 heteroatoms. The average molecular weight is 394 g/mol. The molecule has 1 saturated heterocycles. The number of pyridine rings is 1. The molecule has 1 saturated carbocycles. The van der Waals surface area contributed by atoms with E-state index in [0.717, 1.165) is 64.0 Å². The first-order valence-corrected chi connectivity index (χ1v) is 10.5. The quantitative estimate of drug-likeness (QED) is 0.383. The molecule has 150 valence electrons. The Labute approximate surface area is 167 Å². The van der Waals surface area contributed by atoms with Crippen molar-refractivity contribution in [3.63, 3.8) is 0 Å².